The fourth-order valence-corrected chi connectivity index (χ4v) is 2.13. The van der Waals surface area contributed by atoms with E-state index in [-0.39, 0.29) is 11.3 Å². The maximum absolute atomic E-state index is 10.5. The van der Waals surface area contributed by atoms with Crippen molar-refractivity contribution in [1.82, 2.24) is 0 Å². The Hall–Kier alpha value is -1.13. The van der Waals surface area contributed by atoms with Crippen LogP contribution in [0.15, 0.2) is 35.2 Å². The van der Waals surface area contributed by atoms with Crippen molar-refractivity contribution in [2.75, 3.05) is 11.5 Å². The summed E-state index contributed by atoms with van der Waals surface area (Å²) < 4.78 is 0. The van der Waals surface area contributed by atoms with Gasteiger partial charge < -0.3 is 10.8 Å². The van der Waals surface area contributed by atoms with E-state index >= 15 is 0 Å². The van der Waals surface area contributed by atoms with Gasteiger partial charge in [0.05, 0.1) is 5.02 Å². The van der Waals surface area contributed by atoms with E-state index in [4.69, 9.17) is 22.4 Å². The second kappa shape index (κ2) is 5.09. The summed E-state index contributed by atoms with van der Waals surface area (Å²) >= 11 is 7.19. The van der Waals surface area contributed by atoms with Crippen molar-refractivity contribution in [3.8, 4) is 0 Å². The van der Waals surface area contributed by atoms with Crippen LogP contribution in [0.2, 0.25) is 5.02 Å². The number of nitrogens with two attached hydrogens (primary N) is 1. The molecule has 0 amide bonds. The molecule has 0 atom stereocenters. The molecule has 0 aliphatic heterocycles. The van der Waals surface area contributed by atoms with Crippen LogP contribution >= 0.6 is 23.4 Å². The maximum atomic E-state index is 10.5. The third-order valence-corrected chi connectivity index (χ3v) is 3.35. The molecular formula is C10H10ClNO2S. The van der Waals surface area contributed by atoms with Crippen molar-refractivity contribution in [2.24, 2.45) is 0 Å². The van der Waals surface area contributed by atoms with Gasteiger partial charge in [0, 0.05) is 21.9 Å². The van der Waals surface area contributed by atoms with Gasteiger partial charge in [0.25, 0.3) is 0 Å². The molecule has 0 spiro atoms. The fourth-order valence-electron chi connectivity index (χ4n) is 0.899. The van der Waals surface area contributed by atoms with Crippen molar-refractivity contribution in [3.63, 3.8) is 0 Å². The molecule has 0 bridgehead atoms. The average Bonchev–Trinajstić information content (AvgIpc) is 2.16. The van der Waals surface area contributed by atoms with Crippen molar-refractivity contribution >= 4 is 35.0 Å². The molecule has 0 unspecified atom stereocenters. The van der Waals surface area contributed by atoms with Crippen LogP contribution in [0.4, 0.5) is 5.69 Å². The standard InChI is InChI=1S/C10H10ClNO2S/c1-6(10(13)14)5-15-9-7(11)3-2-4-8(9)12/h2-4H,1,5,12H2,(H,13,14). The monoisotopic (exact) mass is 243 g/mol. The highest BCUT2D eigenvalue weighted by molar-refractivity contribution is 7.99. The lowest BCUT2D eigenvalue weighted by Gasteiger charge is -2.06. The van der Waals surface area contributed by atoms with Gasteiger partial charge in [0.1, 0.15) is 0 Å². The maximum Gasteiger partial charge on any atom is 0.331 e. The first kappa shape index (κ1) is 11.9. The van der Waals surface area contributed by atoms with E-state index in [0.29, 0.717) is 15.6 Å². The van der Waals surface area contributed by atoms with E-state index in [2.05, 4.69) is 6.58 Å². The Morgan fingerprint density at radius 2 is 2.27 bits per heavy atom. The van der Waals surface area contributed by atoms with E-state index in [1.165, 1.54) is 11.8 Å². The summed E-state index contributed by atoms with van der Waals surface area (Å²) in [5.74, 6) is -0.739. The number of aliphatic carboxylic acids is 1. The quantitative estimate of drug-likeness (QED) is 0.485. The summed E-state index contributed by atoms with van der Waals surface area (Å²) in [4.78, 5) is 11.2. The second-order valence-corrected chi connectivity index (χ2v) is 4.25. The molecule has 1 aromatic carbocycles. The Bertz CT molecular complexity index is 386. The van der Waals surface area contributed by atoms with Crippen molar-refractivity contribution in [1.29, 1.82) is 0 Å². The Morgan fingerprint density at radius 3 is 2.80 bits per heavy atom. The summed E-state index contributed by atoms with van der Waals surface area (Å²) in [5, 5.41) is 9.15. The number of benzene rings is 1. The number of carbonyl (C=O) groups is 1. The number of halogens is 1. The van der Waals surface area contributed by atoms with Crippen molar-refractivity contribution in [3.05, 3.63) is 35.4 Å². The summed E-state index contributed by atoms with van der Waals surface area (Å²) in [6.45, 7) is 3.42. The second-order valence-electron chi connectivity index (χ2n) is 2.86. The minimum absolute atomic E-state index is 0.124. The molecule has 80 valence electrons. The van der Waals surface area contributed by atoms with Gasteiger partial charge in [-0.2, -0.15) is 0 Å². The number of carboxylic acid groups (broad SMARTS) is 1. The van der Waals surface area contributed by atoms with Crippen molar-refractivity contribution < 1.29 is 9.90 Å². The molecule has 3 nitrogen and oxygen atoms in total. The van der Waals surface area contributed by atoms with E-state index in [9.17, 15) is 4.79 Å². The van der Waals surface area contributed by atoms with Gasteiger partial charge in [-0.15, -0.1) is 11.8 Å². The van der Waals surface area contributed by atoms with Crippen LogP contribution in [-0.2, 0) is 4.79 Å². The molecule has 0 radical (unpaired) electrons. The summed E-state index contributed by atoms with van der Waals surface area (Å²) in [7, 11) is 0. The van der Waals surface area contributed by atoms with Crippen LogP contribution in [0.25, 0.3) is 0 Å². The number of carboxylic acids is 1. The van der Waals surface area contributed by atoms with Crippen LogP contribution in [0.1, 0.15) is 0 Å². The zero-order chi connectivity index (χ0) is 11.4. The first-order chi connectivity index (χ1) is 7.02. The highest BCUT2D eigenvalue weighted by Crippen LogP contribution is 2.33. The lowest BCUT2D eigenvalue weighted by Crippen LogP contribution is -2.01. The molecule has 1 rings (SSSR count). The van der Waals surface area contributed by atoms with Gasteiger partial charge in [-0.1, -0.05) is 24.2 Å². The van der Waals surface area contributed by atoms with Crippen LogP contribution in [-0.4, -0.2) is 16.8 Å². The molecule has 0 aromatic heterocycles. The van der Waals surface area contributed by atoms with Crippen molar-refractivity contribution in [2.45, 2.75) is 4.90 Å². The van der Waals surface area contributed by atoms with Crippen LogP contribution < -0.4 is 5.73 Å². The molecule has 1 aromatic rings. The molecule has 0 heterocycles. The normalized spacial score (nSPS) is 9.93. The number of hydrogen-bond acceptors (Lipinski definition) is 3. The molecule has 0 saturated carbocycles. The predicted octanol–water partition coefficient (Wildman–Crippen LogP) is 2.66. The van der Waals surface area contributed by atoms with Gasteiger partial charge >= 0.3 is 5.97 Å². The lowest BCUT2D eigenvalue weighted by molar-refractivity contribution is -0.132. The first-order valence-electron chi connectivity index (χ1n) is 4.10. The minimum atomic E-state index is -1.01. The molecule has 0 fully saturated rings. The lowest BCUT2D eigenvalue weighted by atomic mass is 10.3. The number of rotatable bonds is 4. The van der Waals surface area contributed by atoms with Gasteiger partial charge in [-0.05, 0) is 12.1 Å². The average molecular weight is 244 g/mol. The van der Waals surface area contributed by atoms with Gasteiger partial charge in [-0.25, -0.2) is 4.79 Å². The van der Waals surface area contributed by atoms with Gasteiger partial charge in [0.15, 0.2) is 0 Å². The number of nitrogen functional groups attached to an aromatic ring is 1. The van der Waals surface area contributed by atoms with Crippen LogP contribution in [0, 0.1) is 0 Å². The Kier molecular flexibility index (Phi) is 4.05. The SMILES string of the molecule is C=C(CSc1c(N)cccc1Cl)C(=O)O. The third-order valence-electron chi connectivity index (χ3n) is 1.69. The number of hydrogen-bond donors (Lipinski definition) is 2. The largest absolute Gasteiger partial charge is 0.478 e. The summed E-state index contributed by atoms with van der Waals surface area (Å²) in [6, 6.07) is 5.18. The van der Waals surface area contributed by atoms with E-state index < -0.39 is 5.97 Å². The summed E-state index contributed by atoms with van der Waals surface area (Å²) in [6.07, 6.45) is 0. The van der Waals surface area contributed by atoms with E-state index in [1.54, 1.807) is 18.2 Å². The molecule has 0 saturated heterocycles. The molecule has 0 aliphatic rings. The highest BCUT2D eigenvalue weighted by atomic mass is 35.5. The zero-order valence-corrected chi connectivity index (χ0v) is 9.44. The van der Waals surface area contributed by atoms with Crippen LogP contribution in [0.3, 0.4) is 0 Å². The summed E-state index contributed by atoms with van der Waals surface area (Å²) in [5.41, 5.74) is 6.37. The Labute approximate surface area is 96.9 Å². The van der Waals surface area contributed by atoms with Crippen LogP contribution in [0.5, 0.6) is 0 Å². The molecule has 0 aliphatic carbocycles. The topological polar surface area (TPSA) is 63.3 Å². The molecule has 15 heavy (non-hydrogen) atoms. The Balaban J connectivity index is 2.73. The van der Waals surface area contributed by atoms with E-state index in [0.717, 1.165) is 0 Å². The smallest absolute Gasteiger partial charge is 0.331 e. The predicted molar refractivity (Wildman–Crippen MR) is 63.4 cm³/mol. The molecule has 3 N–H and O–H groups in total. The number of anilines is 1. The van der Waals surface area contributed by atoms with Gasteiger partial charge in [0.2, 0.25) is 0 Å². The molecule has 5 heteroatoms. The number of thioether (sulfide) groups is 1. The van der Waals surface area contributed by atoms with Gasteiger partial charge in [-0.3, -0.25) is 0 Å². The zero-order valence-electron chi connectivity index (χ0n) is 7.87. The minimum Gasteiger partial charge on any atom is -0.478 e. The Morgan fingerprint density at radius 1 is 1.60 bits per heavy atom. The first-order valence-corrected chi connectivity index (χ1v) is 5.46. The van der Waals surface area contributed by atoms with E-state index in [1.807, 2.05) is 0 Å². The fraction of sp³-hybridized carbons (Fsp3) is 0.100. The third kappa shape index (κ3) is 3.18. The molecular weight excluding hydrogens is 234 g/mol. The highest BCUT2D eigenvalue weighted by Gasteiger charge is 2.09.